The third-order valence-corrected chi connectivity index (χ3v) is 3.91. The summed E-state index contributed by atoms with van der Waals surface area (Å²) >= 11 is 0. The number of nitrogens with two attached hydrogens (primary N) is 2. The van der Waals surface area contributed by atoms with Gasteiger partial charge in [-0.1, -0.05) is 12.1 Å². The van der Waals surface area contributed by atoms with Crippen LogP contribution >= 0.6 is 0 Å². The molecule has 2 aromatic rings. The molecule has 0 aliphatic carbocycles. The second-order valence-corrected chi connectivity index (χ2v) is 5.90. The predicted octanol–water partition coefficient (Wildman–Crippen LogP) is 1.60. The fraction of sp³-hybridized carbons (Fsp3) is 0.143. The Labute approximate surface area is 123 Å². The lowest BCUT2D eigenvalue weighted by atomic mass is 10.0. The van der Waals surface area contributed by atoms with Crippen LogP contribution < -0.4 is 20.3 Å². The van der Waals surface area contributed by atoms with Gasteiger partial charge in [0, 0.05) is 23.4 Å². The molecule has 0 saturated carbocycles. The van der Waals surface area contributed by atoms with Crippen molar-refractivity contribution in [3.63, 3.8) is 0 Å². The second-order valence-electron chi connectivity index (χ2n) is 4.37. The van der Waals surface area contributed by atoms with Gasteiger partial charge in [0.2, 0.25) is 10.0 Å². The molecule has 112 valence electrons. The van der Waals surface area contributed by atoms with E-state index in [1.807, 2.05) is 0 Å². The van der Waals surface area contributed by atoms with E-state index in [0.717, 1.165) is 0 Å². The van der Waals surface area contributed by atoms with E-state index >= 15 is 0 Å². The smallest absolute Gasteiger partial charge is 0.238 e. The Bertz CT molecular complexity index is 773. The fourth-order valence-corrected chi connectivity index (χ4v) is 2.83. The summed E-state index contributed by atoms with van der Waals surface area (Å²) in [5.74, 6) is 0.674. The molecule has 0 heterocycles. The molecule has 0 atom stereocenters. The van der Waals surface area contributed by atoms with Gasteiger partial charge in [0.05, 0.1) is 19.1 Å². The minimum absolute atomic E-state index is 0.0794. The number of nitrogen functional groups attached to an aromatic ring is 1. The lowest BCUT2D eigenvalue weighted by Gasteiger charge is -2.15. The average Bonchev–Trinajstić information content (AvgIpc) is 2.44. The highest BCUT2D eigenvalue weighted by Gasteiger charge is 2.21. The fourth-order valence-electron chi connectivity index (χ4n) is 2.05. The molecule has 0 aliphatic rings. The summed E-state index contributed by atoms with van der Waals surface area (Å²) in [5.41, 5.74) is 7.21. The number of anilines is 1. The number of primary sulfonamides is 1. The minimum atomic E-state index is -3.96. The summed E-state index contributed by atoms with van der Waals surface area (Å²) in [6.07, 6.45) is 0. The molecule has 0 fully saturated rings. The molecule has 2 aromatic carbocycles. The highest BCUT2D eigenvalue weighted by atomic mass is 32.2. The summed E-state index contributed by atoms with van der Waals surface area (Å²) < 4.78 is 34.1. The van der Waals surface area contributed by atoms with Gasteiger partial charge in [0.1, 0.15) is 11.5 Å². The summed E-state index contributed by atoms with van der Waals surface area (Å²) in [7, 11) is -1.09. The van der Waals surface area contributed by atoms with Gasteiger partial charge in [0.15, 0.2) is 0 Å². The van der Waals surface area contributed by atoms with Crippen molar-refractivity contribution < 1.29 is 17.9 Å². The zero-order valence-corrected chi connectivity index (χ0v) is 12.5. The molecule has 0 bridgehead atoms. The highest BCUT2D eigenvalue weighted by molar-refractivity contribution is 7.89. The van der Waals surface area contributed by atoms with Crippen molar-refractivity contribution in [2.45, 2.75) is 4.90 Å². The van der Waals surface area contributed by atoms with Gasteiger partial charge in [-0.3, -0.25) is 0 Å². The van der Waals surface area contributed by atoms with Crippen LogP contribution in [0.2, 0.25) is 0 Å². The summed E-state index contributed by atoms with van der Waals surface area (Å²) in [6, 6.07) is 9.76. The van der Waals surface area contributed by atoms with Gasteiger partial charge in [-0.2, -0.15) is 0 Å². The number of hydrogen-bond donors (Lipinski definition) is 2. The first kappa shape index (κ1) is 15.1. The van der Waals surface area contributed by atoms with Crippen LogP contribution in [-0.4, -0.2) is 22.6 Å². The van der Waals surface area contributed by atoms with Gasteiger partial charge in [-0.05, 0) is 17.7 Å². The number of methoxy groups -OCH3 is 2. The summed E-state index contributed by atoms with van der Waals surface area (Å²) in [6.45, 7) is 0. The Morgan fingerprint density at radius 3 is 2.29 bits per heavy atom. The molecule has 0 saturated heterocycles. The largest absolute Gasteiger partial charge is 0.497 e. The minimum Gasteiger partial charge on any atom is -0.497 e. The molecule has 6 nitrogen and oxygen atoms in total. The van der Waals surface area contributed by atoms with Gasteiger partial charge < -0.3 is 15.2 Å². The second kappa shape index (κ2) is 5.63. The molecular weight excluding hydrogens is 292 g/mol. The molecular formula is C14H16N2O4S. The van der Waals surface area contributed by atoms with Crippen LogP contribution in [0.3, 0.4) is 0 Å². The van der Waals surface area contributed by atoms with E-state index in [-0.39, 0.29) is 4.90 Å². The molecule has 0 unspecified atom stereocenters. The summed E-state index contributed by atoms with van der Waals surface area (Å²) in [5, 5.41) is 5.31. The molecule has 21 heavy (non-hydrogen) atoms. The number of rotatable bonds is 4. The zero-order valence-electron chi connectivity index (χ0n) is 11.7. The third kappa shape index (κ3) is 3.09. The standard InChI is InChI=1S/C14H16N2O4S/c1-19-11-7-12(20-2)14(13(8-11)21(16,17)18)9-4-3-5-10(15)6-9/h3-8H,15H2,1-2H3,(H2,16,17,18). The van der Waals surface area contributed by atoms with Crippen LogP contribution in [0.4, 0.5) is 5.69 Å². The van der Waals surface area contributed by atoms with Crippen LogP contribution in [0.15, 0.2) is 41.3 Å². The van der Waals surface area contributed by atoms with Crippen LogP contribution in [0.1, 0.15) is 0 Å². The normalized spacial score (nSPS) is 11.2. The van der Waals surface area contributed by atoms with E-state index in [1.54, 1.807) is 30.3 Å². The molecule has 4 N–H and O–H groups in total. The van der Waals surface area contributed by atoms with Gasteiger partial charge in [-0.25, -0.2) is 13.6 Å². The topological polar surface area (TPSA) is 105 Å². The number of ether oxygens (including phenoxy) is 2. The summed E-state index contributed by atoms with van der Waals surface area (Å²) in [4.78, 5) is -0.0794. The Kier molecular flexibility index (Phi) is 4.06. The molecule has 7 heteroatoms. The van der Waals surface area contributed by atoms with Crippen LogP contribution in [-0.2, 0) is 10.0 Å². The highest BCUT2D eigenvalue weighted by Crippen LogP contribution is 2.39. The van der Waals surface area contributed by atoms with E-state index in [1.165, 1.54) is 20.3 Å². The Balaban J connectivity index is 2.85. The number of benzene rings is 2. The SMILES string of the molecule is COc1cc(OC)c(-c2cccc(N)c2)c(S(N)(=O)=O)c1. The van der Waals surface area contributed by atoms with E-state index in [2.05, 4.69) is 0 Å². The van der Waals surface area contributed by atoms with Gasteiger partial charge in [-0.15, -0.1) is 0 Å². The van der Waals surface area contributed by atoms with Crippen molar-refractivity contribution >= 4 is 15.7 Å². The lowest BCUT2D eigenvalue weighted by Crippen LogP contribution is -2.14. The first-order valence-corrected chi connectivity index (χ1v) is 7.56. The van der Waals surface area contributed by atoms with Crippen molar-refractivity contribution in [3.05, 3.63) is 36.4 Å². The van der Waals surface area contributed by atoms with Gasteiger partial charge in [0.25, 0.3) is 0 Å². The molecule has 0 aliphatic heterocycles. The lowest BCUT2D eigenvalue weighted by molar-refractivity contribution is 0.393. The van der Waals surface area contributed by atoms with Crippen LogP contribution in [0.25, 0.3) is 11.1 Å². The zero-order chi connectivity index (χ0) is 15.6. The Morgan fingerprint density at radius 1 is 1.05 bits per heavy atom. The first-order chi connectivity index (χ1) is 9.86. The van der Waals surface area contributed by atoms with Crippen molar-refractivity contribution in [1.82, 2.24) is 0 Å². The molecule has 0 amide bonds. The first-order valence-electron chi connectivity index (χ1n) is 6.01. The van der Waals surface area contributed by atoms with Crippen LogP contribution in [0, 0.1) is 0 Å². The maximum atomic E-state index is 11.9. The maximum absolute atomic E-state index is 11.9. The van der Waals surface area contributed by atoms with E-state index in [4.69, 9.17) is 20.3 Å². The molecule has 0 spiro atoms. The number of hydrogen-bond acceptors (Lipinski definition) is 5. The van der Waals surface area contributed by atoms with Gasteiger partial charge >= 0.3 is 0 Å². The Hall–Kier alpha value is -2.25. The van der Waals surface area contributed by atoms with E-state index in [0.29, 0.717) is 28.3 Å². The Morgan fingerprint density at radius 2 is 1.76 bits per heavy atom. The number of sulfonamides is 1. The van der Waals surface area contributed by atoms with Crippen molar-refractivity contribution in [2.24, 2.45) is 5.14 Å². The molecule has 2 rings (SSSR count). The monoisotopic (exact) mass is 308 g/mol. The predicted molar refractivity (Wildman–Crippen MR) is 80.8 cm³/mol. The van der Waals surface area contributed by atoms with E-state index < -0.39 is 10.0 Å². The quantitative estimate of drug-likeness (QED) is 0.835. The molecule has 0 aromatic heterocycles. The maximum Gasteiger partial charge on any atom is 0.238 e. The van der Waals surface area contributed by atoms with Crippen molar-refractivity contribution in [1.29, 1.82) is 0 Å². The van der Waals surface area contributed by atoms with Crippen molar-refractivity contribution in [2.75, 3.05) is 20.0 Å². The van der Waals surface area contributed by atoms with Crippen molar-refractivity contribution in [3.8, 4) is 22.6 Å². The molecule has 0 radical (unpaired) electrons. The third-order valence-electron chi connectivity index (χ3n) is 2.98. The van der Waals surface area contributed by atoms with E-state index in [9.17, 15) is 8.42 Å². The average molecular weight is 308 g/mol. The van der Waals surface area contributed by atoms with Crippen LogP contribution in [0.5, 0.6) is 11.5 Å².